The van der Waals surface area contributed by atoms with Crippen molar-refractivity contribution in [3.63, 3.8) is 0 Å². The Labute approximate surface area is 385 Å². The van der Waals surface area contributed by atoms with Crippen LogP contribution in [0.15, 0.2) is 70.5 Å². The largest absolute Gasteiger partial charge is 2.00 e. The topological polar surface area (TPSA) is 114 Å². The average molecular weight is 929 g/mol. The minimum absolute atomic E-state index is 0. The van der Waals surface area contributed by atoms with Crippen molar-refractivity contribution in [1.82, 2.24) is 0 Å². The first-order chi connectivity index (χ1) is 29.0. The van der Waals surface area contributed by atoms with Crippen molar-refractivity contribution in [3.05, 3.63) is 82.9 Å². The maximum Gasteiger partial charge on any atom is 2.00 e. The van der Waals surface area contributed by atoms with Gasteiger partial charge >= 0.3 is 19.5 Å². The number of aryl methyl sites for hydroxylation is 2. The summed E-state index contributed by atoms with van der Waals surface area (Å²) in [5.74, 6) is 0. The molecule has 0 heterocycles. The second-order valence-corrected chi connectivity index (χ2v) is 19.7. The molecule has 0 spiro atoms. The molecule has 336 valence electrons. The Morgan fingerprint density at radius 1 is 0.377 bits per heavy atom. The summed E-state index contributed by atoms with van der Waals surface area (Å²) in [6.45, 7) is 8.84. The number of benzene rings is 4. The van der Waals surface area contributed by atoms with Crippen molar-refractivity contribution >= 4 is 41.8 Å². The van der Waals surface area contributed by atoms with E-state index in [1.807, 2.05) is 36.4 Å². The molecule has 0 radical (unpaired) electrons. The molecule has 0 atom stereocenters. The monoisotopic (exact) mass is 926 g/mol. The molecule has 4 aromatic rings. The van der Waals surface area contributed by atoms with Crippen LogP contribution in [-0.2, 0) is 65.4 Å². The summed E-state index contributed by atoms with van der Waals surface area (Å²) in [7, 11) is -9.05. The number of rotatable bonds is 30. The molecule has 0 aromatic heterocycles. The molecule has 4 aromatic carbocycles. The van der Waals surface area contributed by atoms with E-state index in [1.54, 1.807) is 12.1 Å². The van der Waals surface area contributed by atoms with Crippen LogP contribution < -0.4 is 0 Å². The van der Waals surface area contributed by atoms with Crippen LogP contribution in [0.1, 0.15) is 204 Å². The molecular formula is C52H78O6S2Zn. The number of fused-ring (bicyclic) bond motifs is 2. The summed E-state index contributed by atoms with van der Waals surface area (Å²) in [6.07, 6.45) is 31.2. The molecule has 0 N–H and O–H groups in total. The number of hydrogen-bond acceptors (Lipinski definition) is 6. The molecule has 6 nitrogen and oxygen atoms in total. The molecule has 4 rings (SSSR count). The third-order valence-electron chi connectivity index (χ3n) is 12.1. The quantitative estimate of drug-likeness (QED) is 0.0292. The third-order valence-corrected chi connectivity index (χ3v) is 14.0. The van der Waals surface area contributed by atoms with Crippen LogP contribution in [0.2, 0.25) is 0 Å². The zero-order valence-corrected chi connectivity index (χ0v) is 43.1. The van der Waals surface area contributed by atoms with Crippen LogP contribution in [0.4, 0.5) is 0 Å². The standard InChI is InChI=1S/2C26H40O3S.Zn/c2*1-3-5-7-9-11-13-17-22-21-23-18-15-16-20-25(23)26(30(27,28)29)24(22)19-14-12-10-8-6-4-2;/h2*15-16,18,20-21H,3-14,17,19H2,1-2H3,(H,27,28,29);/q;;+2/p-2. The van der Waals surface area contributed by atoms with Gasteiger partial charge in [0.2, 0.25) is 0 Å². The molecule has 9 heteroatoms. The van der Waals surface area contributed by atoms with E-state index in [9.17, 15) is 25.9 Å². The minimum atomic E-state index is -4.53. The van der Waals surface area contributed by atoms with Gasteiger partial charge in [-0.3, -0.25) is 0 Å². The van der Waals surface area contributed by atoms with Crippen molar-refractivity contribution < 1.29 is 45.4 Å². The van der Waals surface area contributed by atoms with Gasteiger partial charge in [-0.2, -0.15) is 0 Å². The van der Waals surface area contributed by atoms with Crippen LogP contribution in [0.5, 0.6) is 0 Å². The van der Waals surface area contributed by atoms with Crippen LogP contribution in [-0.4, -0.2) is 25.9 Å². The van der Waals surface area contributed by atoms with E-state index in [1.165, 1.54) is 103 Å². The molecule has 0 bridgehead atoms. The second-order valence-electron chi connectivity index (χ2n) is 17.1. The van der Waals surface area contributed by atoms with Crippen LogP contribution in [0.3, 0.4) is 0 Å². The van der Waals surface area contributed by atoms with Gasteiger partial charge in [0.1, 0.15) is 20.2 Å². The fourth-order valence-corrected chi connectivity index (χ4v) is 10.7. The van der Waals surface area contributed by atoms with Crippen LogP contribution in [0.25, 0.3) is 21.5 Å². The van der Waals surface area contributed by atoms with Crippen molar-refractivity contribution in [2.75, 3.05) is 0 Å². The zero-order chi connectivity index (χ0) is 43.6. The molecule has 0 aliphatic rings. The van der Waals surface area contributed by atoms with Crippen LogP contribution >= 0.6 is 0 Å². The first kappa shape index (κ1) is 55.0. The van der Waals surface area contributed by atoms with Crippen molar-refractivity contribution in [1.29, 1.82) is 0 Å². The van der Waals surface area contributed by atoms with Gasteiger partial charge in [-0.05, 0) is 95.2 Å². The number of hydrogen-bond donors (Lipinski definition) is 0. The Bertz CT molecular complexity index is 1900. The Hall–Kier alpha value is -2.16. The summed E-state index contributed by atoms with van der Waals surface area (Å²) in [5.41, 5.74) is 3.69. The molecule has 0 amide bonds. The minimum Gasteiger partial charge on any atom is -0.744 e. The number of unbranched alkanes of at least 4 members (excludes halogenated alkanes) is 20. The first-order valence-corrected chi connectivity index (χ1v) is 26.8. The maximum absolute atomic E-state index is 12.3. The molecule has 0 aliphatic heterocycles. The van der Waals surface area contributed by atoms with Gasteiger partial charge in [-0.25, -0.2) is 16.8 Å². The second kappa shape index (κ2) is 30.8. The fraction of sp³-hybridized carbons (Fsp3) is 0.615. The van der Waals surface area contributed by atoms with E-state index < -0.39 is 20.2 Å². The van der Waals surface area contributed by atoms with E-state index in [-0.39, 0.29) is 29.3 Å². The molecule has 61 heavy (non-hydrogen) atoms. The van der Waals surface area contributed by atoms with Crippen LogP contribution in [0, 0.1) is 0 Å². The summed E-state index contributed by atoms with van der Waals surface area (Å²) < 4.78 is 73.7. The Balaban J connectivity index is 0.000000413. The van der Waals surface area contributed by atoms with Gasteiger partial charge in [-0.15, -0.1) is 0 Å². The van der Waals surface area contributed by atoms with Gasteiger partial charge in [0.25, 0.3) is 0 Å². The van der Waals surface area contributed by atoms with Gasteiger partial charge in [-0.1, -0.05) is 217 Å². The van der Waals surface area contributed by atoms with E-state index in [2.05, 4.69) is 39.8 Å². The Morgan fingerprint density at radius 3 is 0.934 bits per heavy atom. The van der Waals surface area contributed by atoms with Gasteiger partial charge in [0.15, 0.2) is 0 Å². The summed E-state index contributed by atoms with van der Waals surface area (Å²) in [6, 6.07) is 19.1. The van der Waals surface area contributed by atoms with Crippen molar-refractivity contribution in [2.45, 2.75) is 217 Å². The molecule has 0 saturated carbocycles. The van der Waals surface area contributed by atoms with Gasteiger partial charge < -0.3 is 9.11 Å². The Morgan fingerprint density at radius 2 is 0.639 bits per heavy atom. The van der Waals surface area contributed by atoms with Gasteiger partial charge in [0.05, 0.1) is 9.79 Å². The van der Waals surface area contributed by atoms with E-state index in [0.29, 0.717) is 23.6 Å². The van der Waals surface area contributed by atoms with E-state index in [4.69, 9.17) is 0 Å². The third kappa shape index (κ3) is 19.6. The maximum atomic E-state index is 12.3. The molecule has 0 aliphatic carbocycles. The molecule has 0 unspecified atom stereocenters. The molecule has 0 fully saturated rings. The predicted octanol–water partition coefficient (Wildman–Crippen LogP) is 15.1. The van der Waals surface area contributed by atoms with Gasteiger partial charge in [0, 0.05) is 0 Å². The molecule has 0 saturated heterocycles. The average Bonchev–Trinajstić information content (AvgIpc) is 3.22. The zero-order valence-electron chi connectivity index (χ0n) is 38.5. The summed E-state index contributed by atoms with van der Waals surface area (Å²) >= 11 is 0. The SMILES string of the molecule is CCCCCCCCc1cc2ccccc2c(S(=O)(=O)[O-])c1CCCCCCCC.CCCCCCCCc1cc2ccccc2c(S(=O)(=O)[O-])c1CCCCCCCC.[Zn+2]. The summed E-state index contributed by atoms with van der Waals surface area (Å²) in [5, 5.41) is 2.89. The molecular weight excluding hydrogens is 850 g/mol. The normalized spacial score (nSPS) is 11.8. The Kier molecular flexibility index (Phi) is 27.8. The van der Waals surface area contributed by atoms with E-state index in [0.717, 1.165) is 97.2 Å². The fourth-order valence-electron chi connectivity index (χ4n) is 8.75. The predicted molar refractivity (Wildman–Crippen MR) is 252 cm³/mol. The first-order valence-electron chi connectivity index (χ1n) is 24.0. The van der Waals surface area contributed by atoms with Crippen molar-refractivity contribution in [2.24, 2.45) is 0 Å². The summed E-state index contributed by atoms with van der Waals surface area (Å²) in [4.78, 5) is 0.0743. The van der Waals surface area contributed by atoms with Crippen molar-refractivity contribution in [3.8, 4) is 0 Å². The smallest absolute Gasteiger partial charge is 0.744 e. The van der Waals surface area contributed by atoms with E-state index >= 15 is 0 Å².